The van der Waals surface area contributed by atoms with Crippen LogP contribution in [0.4, 0.5) is 0 Å². The van der Waals surface area contributed by atoms with Crippen molar-refractivity contribution in [3.63, 3.8) is 0 Å². The fourth-order valence-corrected chi connectivity index (χ4v) is 2.61. The van der Waals surface area contributed by atoms with Crippen LogP contribution in [0.25, 0.3) is 27.8 Å². The standard InChI is InChI=1S/C15H9ClN4O/c16-13-11-6-1-2-7-12(11)15-18-17-14(20(15)19-13)9-4-3-5-10(21)8-9/h1-8,21H. The topological polar surface area (TPSA) is 63.3 Å². The summed E-state index contributed by atoms with van der Waals surface area (Å²) in [7, 11) is 0. The smallest absolute Gasteiger partial charge is 0.186 e. The summed E-state index contributed by atoms with van der Waals surface area (Å²) in [4.78, 5) is 0. The maximum Gasteiger partial charge on any atom is 0.186 e. The summed E-state index contributed by atoms with van der Waals surface area (Å²) in [6.07, 6.45) is 0. The Morgan fingerprint density at radius 2 is 1.76 bits per heavy atom. The molecular weight excluding hydrogens is 288 g/mol. The number of nitrogens with zero attached hydrogens (tertiary/aromatic N) is 4. The van der Waals surface area contributed by atoms with Crippen molar-refractivity contribution in [3.05, 3.63) is 53.7 Å². The Labute approximate surface area is 124 Å². The Morgan fingerprint density at radius 1 is 0.952 bits per heavy atom. The van der Waals surface area contributed by atoms with Gasteiger partial charge in [-0.2, -0.15) is 9.61 Å². The Morgan fingerprint density at radius 3 is 2.57 bits per heavy atom. The number of hydrogen-bond donors (Lipinski definition) is 1. The van der Waals surface area contributed by atoms with Gasteiger partial charge in [-0.1, -0.05) is 48.0 Å². The molecule has 0 radical (unpaired) electrons. The summed E-state index contributed by atoms with van der Waals surface area (Å²) in [6, 6.07) is 14.4. The number of halogens is 1. The SMILES string of the molecule is Oc1cccc(-c2nnc3c4ccccc4c(Cl)nn23)c1. The number of hydrogen-bond acceptors (Lipinski definition) is 4. The lowest BCUT2D eigenvalue weighted by Crippen LogP contribution is -1.96. The highest BCUT2D eigenvalue weighted by atomic mass is 35.5. The second-order valence-electron chi connectivity index (χ2n) is 4.65. The Kier molecular flexibility index (Phi) is 2.55. The van der Waals surface area contributed by atoms with E-state index in [1.165, 1.54) is 0 Å². The highest BCUT2D eigenvalue weighted by Gasteiger charge is 2.14. The second kappa shape index (κ2) is 4.43. The maximum absolute atomic E-state index is 9.61. The van der Waals surface area contributed by atoms with Gasteiger partial charge in [0.2, 0.25) is 0 Å². The lowest BCUT2D eigenvalue weighted by molar-refractivity contribution is 0.475. The van der Waals surface area contributed by atoms with Gasteiger partial charge in [0.1, 0.15) is 5.75 Å². The van der Waals surface area contributed by atoms with Crippen LogP contribution in [-0.4, -0.2) is 24.9 Å². The molecule has 0 unspecified atom stereocenters. The molecule has 0 atom stereocenters. The summed E-state index contributed by atoms with van der Waals surface area (Å²) in [5.41, 5.74) is 1.36. The highest BCUT2D eigenvalue weighted by Crippen LogP contribution is 2.28. The van der Waals surface area contributed by atoms with E-state index < -0.39 is 0 Å². The van der Waals surface area contributed by atoms with Crippen LogP contribution < -0.4 is 0 Å². The molecule has 4 rings (SSSR count). The average molecular weight is 297 g/mol. The molecule has 0 aliphatic rings. The first-order valence-electron chi connectivity index (χ1n) is 6.33. The van der Waals surface area contributed by atoms with Crippen LogP contribution >= 0.6 is 11.6 Å². The lowest BCUT2D eigenvalue weighted by atomic mass is 10.2. The average Bonchev–Trinajstić information content (AvgIpc) is 2.91. The number of fused-ring (bicyclic) bond motifs is 3. The van der Waals surface area contributed by atoms with Crippen molar-refractivity contribution in [3.8, 4) is 17.1 Å². The normalized spacial score (nSPS) is 11.3. The number of phenolic OH excluding ortho intramolecular Hbond substituents is 1. The summed E-state index contributed by atoms with van der Waals surface area (Å²) >= 11 is 6.25. The van der Waals surface area contributed by atoms with Gasteiger partial charge in [0, 0.05) is 16.3 Å². The first-order valence-corrected chi connectivity index (χ1v) is 6.71. The summed E-state index contributed by atoms with van der Waals surface area (Å²) in [6.45, 7) is 0. The molecule has 0 amide bonds. The zero-order valence-electron chi connectivity index (χ0n) is 10.7. The van der Waals surface area contributed by atoms with E-state index in [2.05, 4.69) is 15.3 Å². The van der Waals surface area contributed by atoms with E-state index in [1.54, 1.807) is 22.7 Å². The van der Waals surface area contributed by atoms with E-state index in [9.17, 15) is 5.11 Å². The first kappa shape index (κ1) is 12.1. The summed E-state index contributed by atoms with van der Waals surface area (Å²) < 4.78 is 1.60. The zero-order valence-corrected chi connectivity index (χ0v) is 11.5. The molecule has 6 heteroatoms. The molecule has 0 aliphatic heterocycles. The van der Waals surface area contributed by atoms with Crippen LogP contribution in [0.2, 0.25) is 5.15 Å². The van der Waals surface area contributed by atoms with E-state index in [0.29, 0.717) is 16.6 Å². The van der Waals surface area contributed by atoms with Crippen LogP contribution in [0, 0.1) is 0 Å². The summed E-state index contributed by atoms with van der Waals surface area (Å²) in [5, 5.41) is 24.4. The molecule has 2 aromatic carbocycles. The molecule has 0 fully saturated rings. The molecule has 1 N–H and O–H groups in total. The third kappa shape index (κ3) is 1.82. The van der Waals surface area contributed by atoms with Crippen molar-refractivity contribution >= 4 is 28.0 Å². The lowest BCUT2D eigenvalue weighted by Gasteiger charge is -2.04. The minimum atomic E-state index is 0.163. The quantitative estimate of drug-likeness (QED) is 0.585. The monoisotopic (exact) mass is 296 g/mol. The molecule has 0 spiro atoms. The van der Waals surface area contributed by atoms with Gasteiger partial charge in [-0.25, -0.2) is 0 Å². The van der Waals surface area contributed by atoms with E-state index in [-0.39, 0.29) is 5.75 Å². The minimum absolute atomic E-state index is 0.163. The highest BCUT2D eigenvalue weighted by molar-refractivity contribution is 6.34. The van der Waals surface area contributed by atoms with E-state index >= 15 is 0 Å². The van der Waals surface area contributed by atoms with Crippen LogP contribution in [0.15, 0.2) is 48.5 Å². The van der Waals surface area contributed by atoms with Gasteiger partial charge in [-0.3, -0.25) is 0 Å². The molecular formula is C15H9ClN4O. The molecule has 4 aromatic rings. The van der Waals surface area contributed by atoms with Gasteiger partial charge in [0.05, 0.1) is 0 Å². The van der Waals surface area contributed by atoms with Crippen molar-refractivity contribution < 1.29 is 5.11 Å². The van der Waals surface area contributed by atoms with Crippen LogP contribution in [0.5, 0.6) is 5.75 Å². The second-order valence-corrected chi connectivity index (χ2v) is 5.00. The molecule has 2 aromatic heterocycles. The van der Waals surface area contributed by atoms with Crippen molar-refractivity contribution in [2.45, 2.75) is 0 Å². The van der Waals surface area contributed by atoms with Crippen molar-refractivity contribution in [1.29, 1.82) is 0 Å². The molecule has 0 saturated heterocycles. The van der Waals surface area contributed by atoms with Crippen LogP contribution in [0.3, 0.4) is 0 Å². The maximum atomic E-state index is 9.61. The predicted molar refractivity (Wildman–Crippen MR) is 80.4 cm³/mol. The first-order chi connectivity index (χ1) is 10.2. The molecule has 2 heterocycles. The Balaban J connectivity index is 2.09. The van der Waals surface area contributed by atoms with Crippen molar-refractivity contribution in [1.82, 2.24) is 19.8 Å². The molecule has 0 bridgehead atoms. The number of aromatic hydroxyl groups is 1. The van der Waals surface area contributed by atoms with Gasteiger partial charge < -0.3 is 5.11 Å². The minimum Gasteiger partial charge on any atom is -0.508 e. The van der Waals surface area contributed by atoms with Crippen LogP contribution in [-0.2, 0) is 0 Å². The van der Waals surface area contributed by atoms with Gasteiger partial charge in [0.25, 0.3) is 0 Å². The molecule has 102 valence electrons. The van der Waals surface area contributed by atoms with E-state index in [4.69, 9.17) is 11.6 Å². The number of rotatable bonds is 1. The molecule has 0 aliphatic carbocycles. The Bertz CT molecular complexity index is 980. The third-order valence-corrected chi connectivity index (χ3v) is 3.60. The molecule has 21 heavy (non-hydrogen) atoms. The van der Waals surface area contributed by atoms with Gasteiger partial charge in [0.15, 0.2) is 16.6 Å². The van der Waals surface area contributed by atoms with Gasteiger partial charge >= 0.3 is 0 Å². The largest absolute Gasteiger partial charge is 0.508 e. The number of aromatic nitrogens is 4. The van der Waals surface area contributed by atoms with E-state index in [1.807, 2.05) is 30.3 Å². The number of phenols is 1. The van der Waals surface area contributed by atoms with Crippen molar-refractivity contribution in [2.75, 3.05) is 0 Å². The predicted octanol–water partition coefficient (Wildman–Crippen LogP) is 3.30. The van der Waals surface area contributed by atoms with E-state index in [0.717, 1.165) is 16.3 Å². The van der Waals surface area contributed by atoms with Gasteiger partial charge in [-0.15, -0.1) is 10.2 Å². The van der Waals surface area contributed by atoms with Crippen molar-refractivity contribution in [2.24, 2.45) is 0 Å². The zero-order chi connectivity index (χ0) is 14.4. The fourth-order valence-electron chi connectivity index (χ4n) is 2.37. The number of benzene rings is 2. The fraction of sp³-hybridized carbons (Fsp3) is 0. The summed E-state index contributed by atoms with van der Waals surface area (Å²) in [5.74, 6) is 0.699. The van der Waals surface area contributed by atoms with Gasteiger partial charge in [-0.05, 0) is 12.1 Å². The third-order valence-electron chi connectivity index (χ3n) is 3.32. The Hall–Kier alpha value is -2.66. The molecule has 0 saturated carbocycles. The molecule has 5 nitrogen and oxygen atoms in total. The van der Waals surface area contributed by atoms with Crippen LogP contribution in [0.1, 0.15) is 0 Å².